The van der Waals surface area contributed by atoms with Gasteiger partial charge in [0.05, 0.1) is 7.11 Å². The fourth-order valence-electron chi connectivity index (χ4n) is 3.22. The van der Waals surface area contributed by atoms with Crippen LogP contribution in [0.1, 0.15) is 11.1 Å². The lowest BCUT2D eigenvalue weighted by atomic mass is 10.1. The van der Waals surface area contributed by atoms with E-state index >= 15 is 0 Å². The van der Waals surface area contributed by atoms with E-state index in [1.807, 2.05) is 42.4 Å². The summed E-state index contributed by atoms with van der Waals surface area (Å²) in [6, 6.07) is 12.8. The molecule has 0 saturated heterocycles. The number of benzene rings is 2. The van der Waals surface area contributed by atoms with Gasteiger partial charge in [-0.2, -0.15) is 0 Å². The zero-order chi connectivity index (χ0) is 19.2. The van der Waals surface area contributed by atoms with Gasteiger partial charge < -0.3 is 19.9 Å². The Bertz CT molecular complexity index is 935. The molecule has 27 heavy (non-hydrogen) atoms. The smallest absolute Gasteiger partial charge is 0.193 e. The molecule has 0 spiro atoms. The van der Waals surface area contributed by atoms with Crippen molar-refractivity contribution in [3.8, 4) is 5.75 Å². The summed E-state index contributed by atoms with van der Waals surface area (Å²) in [5, 5.41) is 4.30. The molecular formula is C21H25FN4O. The van der Waals surface area contributed by atoms with E-state index in [2.05, 4.69) is 15.3 Å². The van der Waals surface area contributed by atoms with Crippen molar-refractivity contribution in [3.05, 3.63) is 65.6 Å². The van der Waals surface area contributed by atoms with Crippen LogP contribution in [0.5, 0.6) is 5.75 Å². The molecule has 0 saturated carbocycles. The van der Waals surface area contributed by atoms with Gasteiger partial charge in [-0.1, -0.05) is 18.2 Å². The van der Waals surface area contributed by atoms with Gasteiger partial charge in [-0.3, -0.25) is 4.99 Å². The molecule has 0 radical (unpaired) electrons. The number of hydrogen-bond acceptors (Lipinski definition) is 2. The van der Waals surface area contributed by atoms with Crippen LogP contribution in [0.4, 0.5) is 4.39 Å². The zero-order valence-electron chi connectivity index (χ0n) is 15.9. The van der Waals surface area contributed by atoms with Crippen LogP contribution in [0.25, 0.3) is 10.9 Å². The van der Waals surface area contributed by atoms with E-state index in [1.165, 1.54) is 6.07 Å². The number of fused-ring (bicyclic) bond motifs is 1. The number of aromatic nitrogens is 1. The van der Waals surface area contributed by atoms with Crippen molar-refractivity contribution < 1.29 is 9.13 Å². The summed E-state index contributed by atoms with van der Waals surface area (Å²) in [5.41, 5.74) is 3.13. The average Bonchev–Trinajstić information content (AvgIpc) is 3.07. The number of methoxy groups -OCH3 is 1. The number of H-pyrrole nitrogens is 1. The van der Waals surface area contributed by atoms with Gasteiger partial charge in [-0.25, -0.2) is 4.39 Å². The molecule has 142 valence electrons. The summed E-state index contributed by atoms with van der Waals surface area (Å²) in [5.74, 6) is 1.44. The Morgan fingerprint density at radius 2 is 2.04 bits per heavy atom. The standard InChI is InChI=1S/C21H25FN4O/c1-23-21(26(2)14-16-6-4-5-7-20(16)27-3)24-11-10-15-13-25-19-9-8-17(22)12-18(15)19/h4-9,12-13,25H,10-11,14H2,1-3H3,(H,23,24). The second-order valence-electron chi connectivity index (χ2n) is 6.40. The number of nitrogens with one attached hydrogen (secondary N) is 2. The topological polar surface area (TPSA) is 52.7 Å². The summed E-state index contributed by atoms with van der Waals surface area (Å²) in [6.45, 7) is 1.38. The molecular weight excluding hydrogens is 343 g/mol. The monoisotopic (exact) mass is 368 g/mol. The number of halogens is 1. The van der Waals surface area contributed by atoms with Gasteiger partial charge in [0.15, 0.2) is 5.96 Å². The van der Waals surface area contributed by atoms with E-state index in [9.17, 15) is 4.39 Å². The number of hydrogen-bond donors (Lipinski definition) is 2. The summed E-state index contributed by atoms with van der Waals surface area (Å²) < 4.78 is 18.9. The van der Waals surface area contributed by atoms with Crippen LogP contribution < -0.4 is 10.1 Å². The minimum Gasteiger partial charge on any atom is -0.496 e. The summed E-state index contributed by atoms with van der Waals surface area (Å²) >= 11 is 0. The predicted octanol–water partition coefficient (Wildman–Crippen LogP) is 3.57. The van der Waals surface area contributed by atoms with Crippen molar-refractivity contribution >= 4 is 16.9 Å². The molecule has 1 aromatic heterocycles. The Kier molecular flexibility index (Phi) is 5.96. The first-order valence-electron chi connectivity index (χ1n) is 8.91. The highest BCUT2D eigenvalue weighted by Crippen LogP contribution is 2.20. The molecule has 0 unspecified atom stereocenters. The van der Waals surface area contributed by atoms with E-state index in [0.29, 0.717) is 13.1 Å². The quantitative estimate of drug-likeness (QED) is 0.517. The van der Waals surface area contributed by atoms with Crippen LogP contribution in [0.2, 0.25) is 0 Å². The molecule has 1 heterocycles. The number of aromatic amines is 1. The lowest BCUT2D eigenvalue weighted by molar-refractivity contribution is 0.396. The minimum absolute atomic E-state index is 0.219. The van der Waals surface area contributed by atoms with Gasteiger partial charge in [0, 0.05) is 49.8 Å². The first-order valence-corrected chi connectivity index (χ1v) is 8.91. The molecule has 0 amide bonds. The van der Waals surface area contributed by atoms with E-state index in [-0.39, 0.29) is 5.82 Å². The average molecular weight is 368 g/mol. The highest BCUT2D eigenvalue weighted by atomic mass is 19.1. The van der Waals surface area contributed by atoms with Gasteiger partial charge in [0.2, 0.25) is 0 Å². The molecule has 0 atom stereocenters. The fourth-order valence-corrected chi connectivity index (χ4v) is 3.22. The number of aliphatic imine (C=N–C) groups is 1. The Balaban J connectivity index is 1.61. The first kappa shape index (κ1) is 18.8. The van der Waals surface area contributed by atoms with Crippen LogP contribution in [0.3, 0.4) is 0 Å². The summed E-state index contributed by atoms with van der Waals surface area (Å²) in [6.07, 6.45) is 2.71. The minimum atomic E-state index is -0.219. The normalized spacial score (nSPS) is 11.6. The number of ether oxygens (including phenoxy) is 1. The third kappa shape index (κ3) is 4.39. The molecule has 2 aromatic carbocycles. The molecule has 3 rings (SSSR count). The summed E-state index contributed by atoms with van der Waals surface area (Å²) in [7, 11) is 5.43. The number of nitrogens with zero attached hydrogens (tertiary/aromatic N) is 2. The van der Waals surface area contributed by atoms with Crippen molar-refractivity contribution in [2.45, 2.75) is 13.0 Å². The van der Waals surface area contributed by atoms with Crippen LogP contribution in [-0.2, 0) is 13.0 Å². The molecule has 2 N–H and O–H groups in total. The Morgan fingerprint density at radius 3 is 2.81 bits per heavy atom. The first-order chi connectivity index (χ1) is 13.1. The van der Waals surface area contributed by atoms with Gasteiger partial charge in [0.25, 0.3) is 0 Å². The molecule has 0 aliphatic heterocycles. The second-order valence-corrected chi connectivity index (χ2v) is 6.40. The Labute approximate surface area is 158 Å². The molecule has 5 nitrogen and oxygen atoms in total. The number of guanidine groups is 1. The molecule has 0 fully saturated rings. The van der Waals surface area contributed by atoms with E-state index in [4.69, 9.17) is 4.74 Å². The van der Waals surface area contributed by atoms with Crippen molar-refractivity contribution in [2.24, 2.45) is 4.99 Å². The SMILES string of the molecule is CN=C(NCCc1c[nH]c2ccc(F)cc12)N(C)Cc1ccccc1OC. The Hall–Kier alpha value is -3.02. The summed E-state index contributed by atoms with van der Waals surface area (Å²) in [4.78, 5) is 9.59. The number of para-hydroxylation sites is 1. The van der Waals surface area contributed by atoms with Gasteiger partial charge >= 0.3 is 0 Å². The van der Waals surface area contributed by atoms with Crippen molar-refractivity contribution in [3.63, 3.8) is 0 Å². The molecule has 0 bridgehead atoms. The highest BCUT2D eigenvalue weighted by Gasteiger charge is 2.10. The third-order valence-corrected chi connectivity index (χ3v) is 4.58. The lowest BCUT2D eigenvalue weighted by Gasteiger charge is -2.23. The van der Waals surface area contributed by atoms with E-state index < -0.39 is 0 Å². The predicted molar refractivity (Wildman–Crippen MR) is 108 cm³/mol. The van der Waals surface area contributed by atoms with Crippen molar-refractivity contribution in [1.29, 1.82) is 0 Å². The van der Waals surface area contributed by atoms with Gasteiger partial charge in [-0.05, 0) is 36.2 Å². The van der Waals surface area contributed by atoms with Crippen LogP contribution in [0.15, 0.2) is 53.7 Å². The zero-order valence-corrected chi connectivity index (χ0v) is 15.9. The fraction of sp³-hybridized carbons (Fsp3) is 0.286. The highest BCUT2D eigenvalue weighted by molar-refractivity contribution is 5.83. The molecule has 0 aliphatic rings. The second kappa shape index (κ2) is 8.58. The maximum Gasteiger partial charge on any atom is 0.193 e. The van der Waals surface area contributed by atoms with E-state index in [0.717, 1.165) is 40.2 Å². The van der Waals surface area contributed by atoms with Crippen molar-refractivity contribution in [1.82, 2.24) is 15.2 Å². The van der Waals surface area contributed by atoms with Crippen molar-refractivity contribution in [2.75, 3.05) is 27.7 Å². The van der Waals surface area contributed by atoms with Gasteiger partial charge in [-0.15, -0.1) is 0 Å². The maximum atomic E-state index is 13.5. The number of rotatable bonds is 6. The van der Waals surface area contributed by atoms with Crippen LogP contribution in [-0.4, -0.2) is 43.6 Å². The molecule has 0 aliphatic carbocycles. The van der Waals surface area contributed by atoms with E-state index in [1.54, 1.807) is 26.3 Å². The van der Waals surface area contributed by atoms with Gasteiger partial charge in [0.1, 0.15) is 11.6 Å². The third-order valence-electron chi connectivity index (χ3n) is 4.58. The van der Waals surface area contributed by atoms with Crippen LogP contribution >= 0.6 is 0 Å². The lowest BCUT2D eigenvalue weighted by Crippen LogP contribution is -2.39. The molecule has 6 heteroatoms. The largest absolute Gasteiger partial charge is 0.496 e. The maximum absolute atomic E-state index is 13.5. The molecule has 3 aromatic rings. The Morgan fingerprint density at radius 1 is 1.22 bits per heavy atom. The van der Waals surface area contributed by atoms with Crippen LogP contribution in [0, 0.1) is 5.82 Å².